The molecule has 0 fully saturated rings. The summed E-state index contributed by atoms with van der Waals surface area (Å²) >= 11 is 0. The standard InChI is InChI=1S/C15H16O2.H3O3P/c1-15(2,11-3-7-13(16)8-4-11)12-5-9-14(17)10-6-12;1-4(2)3/h3-10,16-17H,1-2H3;1-3H. The van der Waals surface area contributed by atoms with Gasteiger partial charge in [0, 0.05) is 5.41 Å². The Labute approximate surface area is 124 Å². The van der Waals surface area contributed by atoms with Crippen molar-refractivity contribution in [3.8, 4) is 11.5 Å². The molecule has 5 nitrogen and oxygen atoms in total. The van der Waals surface area contributed by atoms with E-state index < -0.39 is 8.60 Å². The zero-order chi connectivity index (χ0) is 16.0. The molecule has 0 aliphatic heterocycles. The van der Waals surface area contributed by atoms with Gasteiger partial charge in [-0.1, -0.05) is 38.1 Å². The molecule has 0 aromatic heterocycles. The molecule has 0 amide bonds. The summed E-state index contributed by atoms with van der Waals surface area (Å²) in [4.78, 5) is 21.7. The highest BCUT2D eigenvalue weighted by Gasteiger charge is 2.22. The van der Waals surface area contributed by atoms with Crippen molar-refractivity contribution in [3.05, 3.63) is 59.7 Å². The molecule has 114 valence electrons. The Morgan fingerprint density at radius 2 is 0.905 bits per heavy atom. The fourth-order valence-corrected chi connectivity index (χ4v) is 1.92. The van der Waals surface area contributed by atoms with E-state index >= 15 is 0 Å². The minimum atomic E-state index is -2.62. The van der Waals surface area contributed by atoms with Crippen LogP contribution in [0.4, 0.5) is 0 Å². The highest BCUT2D eigenvalue weighted by atomic mass is 31.2. The molecule has 0 saturated carbocycles. The summed E-state index contributed by atoms with van der Waals surface area (Å²) in [5, 5.41) is 18.6. The van der Waals surface area contributed by atoms with Gasteiger partial charge in [-0.15, -0.1) is 0 Å². The van der Waals surface area contributed by atoms with Crippen LogP contribution in [0.5, 0.6) is 11.5 Å². The first-order chi connectivity index (χ1) is 9.73. The van der Waals surface area contributed by atoms with E-state index in [0.717, 1.165) is 11.1 Å². The van der Waals surface area contributed by atoms with Crippen LogP contribution in [0.25, 0.3) is 0 Å². The van der Waals surface area contributed by atoms with Crippen LogP contribution in [0.15, 0.2) is 48.5 Å². The molecular formula is C15H19O5P. The average Bonchev–Trinajstić information content (AvgIpc) is 2.39. The molecule has 2 aromatic rings. The van der Waals surface area contributed by atoms with E-state index in [1.165, 1.54) is 0 Å². The third-order valence-electron chi connectivity index (χ3n) is 3.18. The molecule has 0 saturated heterocycles. The fraction of sp³-hybridized carbons (Fsp3) is 0.200. The van der Waals surface area contributed by atoms with E-state index in [9.17, 15) is 10.2 Å². The Bertz CT molecular complexity index is 499. The molecule has 2 rings (SSSR count). The Kier molecular flexibility index (Phi) is 6.12. The maximum absolute atomic E-state index is 9.30. The number of rotatable bonds is 2. The lowest BCUT2D eigenvalue weighted by Gasteiger charge is -2.26. The van der Waals surface area contributed by atoms with Crippen LogP contribution in [0, 0.1) is 0 Å². The first kappa shape index (κ1) is 17.4. The lowest BCUT2D eigenvalue weighted by Crippen LogP contribution is -2.18. The van der Waals surface area contributed by atoms with Crippen LogP contribution < -0.4 is 0 Å². The van der Waals surface area contributed by atoms with Crippen molar-refractivity contribution >= 4 is 8.60 Å². The molecule has 0 atom stereocenters. The summed E-state index contributed by atoms with van der Waals surface area (Å²) in [5.41, 5.74) is 2.10. The molecule has 0 unspecified atom stereocenters. The van der Waals surface area contributed by atoms with E-state index in [1.54, 1.807) is 24.3 Å². The molecular weight excluding hydrogens is 291 g/mol. The zero-order valence-corrected chi connectivity index (χ0v) is 12.7. The van der Waals surface area contributed by atoms with E-state index in [4.69, 9.17) is 14.7 Å². The van der Waals surface area contributed by atoms with Crippen LogP contribution in [0.2, 0.25) is 0 Å². The molecule has 5 N–H and O–H groups in total. The molecule has 0 heterocycles. The van der Waals surface area contributed by atoms with Crippen LogP contribution in [-0.4, -0.2) is 24.9 Å². The predicted octanol–water partition coefficient (Wildman–Crippen LogP) is 2.61. The highest BCUT2D eigenvalue weighted by Crippen LogP contribution is 2.32. The third kappa shape index (κ3) is 5.33. The lowest BCUT2D eigenvalue weighted by atomic mass is 9.78. The van der Waals surface area contributed by atoms with Gasteiger partial charge in [-0.3, -0.25) is 0 Å². The topological polar surface area (TPSA) is 101 Å². The van der Waals surface area contributed by atoms with E-state index in [-0.39, 0.29) is 16.9 Å². The lowest BCUT2D eigenvalue weighted by molar-refractivity contribution is 0.368. The second-order valence-corrected chi connectivity index (χ2v) is 5.52. The summed E-state index contributed by atoms with van der Waals surface area (Å²) in [6.07, 6.45) is 0. The van der Waals surface area contributed by atoms with Crippen molar-refractivity contribution in [1.29, 1.82) is 0 Å². The van der Waals surface area contributed by atoms with Crippen LogP contribution in [-0.2, 0) is 5.41 Å². The summed E-state index contributed by atoms with van der Waals surface area (Å²) in [7, 11) is -2.62. The molecule has 0 radical (unpaired) electrons. The van der Waals surface area contributed by atoms with Gasteiger partial charge in [-0.2, -0.15) is 0 Å². The van der Waals surface area contributed by atoms with E-state index in [2.05, 4.69) is 13.8 Å². The minimum Gasteiger partial charge on any atom is -0.508 e. The van der Waals surface area contributed by atoms with E-state index in [1.807, 2.05) is 24.3 Å². The van der Waals surface area contributed by atoms with Gasteiger partial charge in [0.15, 0.2) is 0 Å². The average molecular weight is 310 g/mol. The van der Waals surface area contributed by atoms with Gasteiger partial charge in [0.2, 0.25) is 0 Å². The Hall–Kier alpha value is -1.65. The largest absolute Gasteiger partial charge is 0.508 e. The highest BCUT2D eigenvalue weighted by molar-refractivity contribution is 7.38. The van der Waals surface area contributed by atoms with Crippen molar-refractivity contribution in [1.82, 2.24) is 0 Å². The number of phenols is 2. The van der Waals surface area contributed by atoms with Gasteiger partial charge in [0.1, 0.15) is 11.5 Å². The number of phenolic OH excluding ortho intramolecular Hbond substituents is 2. The number of aromatic hydroxyl groups is 2. The van der Waals surface area contributed by atoms with Crippen molar-refractivity contribution in [2.45, 2.75) is 19.3 Å². The van der Waals surface area contributed by atoms with Gasteiger partial charge >= 0.3 is 8.60 Å². The summed E-state index contributed by atoms with van der Waals surface area (Å²) in [5.74, 6) is 0.547. The summed E-state index contributed by atoms with van der Waals surface area (Å²) in [6, 6.07) is 14.4. The van der Waals surface area contributed by atoms with Gasteiger partial charge in [0.25, 0.3) is 0 Å². The number of benzene rings is 2. The smallest absolute Gasteiger partial charge is 0.324 e. The molecule has 0 bridgehead atoms. The number of hydrogen-bond donors (Lipinski definition) is 5. The molecule has 2 aromatic carbocycles. The molecule has 0 aliphatic carbocycles. The third-order valence-corrected chi connectivity index (χ3v) is 3.18. The molecule has 0 aliphatic rings. The first-order valence-electron chi connectivity index (χ1n) is 6.19. The maximum Gasteiger partial charge on any atom is 0.324 e. The van der Waals surface area contributed by atoms with E-state index in [0.29, 0.717) is 0 Å². The predicted molar refractivity (Wildman–Crippen MR) is 81.9 cm³/mol. The van der Waals surface area contributed by atoms with Crippen molar-refractivity contribution < 1.29 is 24.9 Å². The van der Waals surface area contributed by atoms with Gasteiger partial charge in [-0.05, 0) is 35.4 Å². The van der Waals surface area contributed by atoms with Crippen molar-refractivity contribution in [2.24, 2.45) is 0 Å². The minimum absolute atomic E-state index is 0.151. The SMILES string of the molecule is CC(C)(c1ccc(O)cc1)c1ccc(O)cc1.OP(O)O. The van der Waals surface area contributed by atoms with Crippen LogP contribution in [0.3, 0.4) is 0 Å². The second-order valence-electron chi connectivity index (χ2n) is 4.99. The monoisotopic (exact) mass is 310 g/mol. The zero-order valence-electron chi connectivity index (χ0n) is 11.8. The van der Waals surface area contributed by atoms with Gasteiger partial charge in [0.05, 0.1) is 0 Å². The number of hydrogen-bond acceptors (Lipinski definition) is 5. The Morgan fingerprint density at radius 3 is 1.14 bits per heavy atom. The maximum atomic E-state index is 9.30. The first-order valence-corrected chi connectivity index (χ1v) is 7.39. The normalized spacial score (nSPS) is 11.0. The summed E-state index contributed by atoms with van der Waals surface area (Å²) in [6.45, 7) is 4.23. The summed E-state index contributed by atoms with van der Waals surface area (Å²) < 4.78 is 0. The second kappa shape index (κ2) is 7.38. The fourth-order valence-electron chi connectivity index (χ4n) is 1.92. The quantitative estimate of drug-likeness (QED) is 0.549. The van der Waals surface area contributed by atoms with Crippen LogP contribution in [0.1, 0.15) is 25.0 Å². The van der Waals surface area contributed by atoms with Crippen LogP contribution >= 0.6 is 8.60 Å². The van der Waals surface area contributed by atoms with Gasteiger partial charge in [-0.25, -0.2) is 0 Å². The van der Waals surface area contributed by atoms with Crippen molar-refractivity contribution in [3.63, 3.8) is 0 Å². The molecule has 0 spiro atoms. The van der Waals surface area contributed by atoms with Crippen molar-refractivity contribution in [2.75, 3.05) is 0 Å². The Balaban J connectivity index is 0.000000491. The molecule has 6 heteroatoms. The van der Waals surface area contributed by atoms with Gasteiger partial charge < -0.3 is 24.9 Å². The Morgan fingerprint density at radius 1 is 0.667 bits per heavy atom. The molecule has 21 heavy (non-hydrogen) atoms.